The molecule has 1 fully saturated rings. The molecule has 0 radical (unpaired) electrons. The highest BCUT2D eigenvalue weighted by Gasteiger charge is 2.22. The normalized spacial score (nSPS) is 18.0. The first-order valence-electron chi connectivity index (χ1n) is 7.39. The second-order valence-electron chi connectivity index (χ2n) is 5.66. The van der Waals surface area contributed by atoms with Crippen molar-refractivity contribution in [2.75, 3.05) is 26.2 Å². The molecule has 1 aliphatic heterocycles. The van der Waals surface area contributed by atoms with E-state index in [1.807, 2.05) is 0 Å². The zero-order valence-corrected chi connectivity index (χ0v) is 12.2. The maximum Gasteiger partial charge on any atom is 0.314 e. The van der Waals surface area contributed by atoms with Crippen LogP contribution < -0.4 is 10.6 Å². The summed E-state index contributed by atoms with van der Waals surface area (Å²) < 4.78 is 0. The van der Waals surface area contributed by atoms with Crippen molar-refractivity contribution < 1.29 is 4.79 Å². The second kappa shape index (κ2) is 8.35. The summed E-state index contributed by atoms with van der Waals surface area (Å²) in [7, 11) is 0. The maximum absolute atomic E-state index is 11.6. The van der Waals surface area contributed by atoms with Gasteiger partial charge < -0.3 is 10.6 Å². The minimum Gasteiger partial charge on any atom is -0.338 e. The van der Waals surface area contributed by atoms with Gasteiger partial charge in [-0.15, -0.1) is 0 Å². The van der Waals surface area contributed by atoms with E-state index in [1.54, 1.807) is 0 Å². The smallest absolute Gasteiger partial charge is 0.314 e. The molecular formula is C14H29N3O. The third-order valence-electron chi connectivity index (χ3n) is 3.43. The minimum absolute atomic E-state index is 0.0233. The summed E-state index contributed by atoms with van der Waals surface area (Å²) in [6.07, 6.45) is 4.75. The number of hydrogen-bond acceptors (Lipinski definition) is 2. The minimum atomic E-state index is -0.0233. The van der Waals surface area contributed by atoms with E-state index in [9.17, 15) is 4.79 Å². The Morgan fingerprint density at radius 1 is 1.22 bits per heavy atom. The first-order chi connectivity index (χ1) is 8.63. The summed E-state index contributed by atoms with van der Waals surface area (Å²) in [5.41, 5.74) is 0. The largest absolute Gasteiger partial charge is 0.338 e. The number of carbonyl (C=O) groups is 1. The SMILES string of the molecule is CCCNC(=O)NCC(CC(C)C)N1CCCC1. The molecule has 0 aromatic rings. The van der Waals surface area contributed by atoms with Crippen molar-refractivity contribution in [2.45, 2.75) is 52.5 Å². The summed E-state index contributed by atoms with van der Waals surface area (Å²) in [5, 5.41) is 5.87. The van der Waals surface area contributed by atoms with Crippen molar-refractivity contribution in [3.8, 4) is 0 Å². The van der Waals surface area contributed by atoms with Crippen LogP contribution in [0.15, 0.2) is 0 Å². The lowest BCUT2D eigenvalue weighted by Gasteiger charge is -2.29. The average Bonchev–Trinajstić information content (AvgIpc) is 2.85. The van der Waals surface area contributed by atoms with Crippen LogP contribution in [0.2, 0.25) is 0 Å². The maximum atomic E-state index is 11.6. The molecule has 1 aliphatic rings. The highest BCUT2D eigenvalue weighted by molar-refractivity contribution is 5.73. The standard InChI is InChI=1S/C14H29N3O/c1-4-7-15-14(18)16-11-13(10-12(2)3)17-8-5-6-9-17/h12-13H,4-11H2,1-3H3,(H2,15,16,18). The van der Waals surface area contributed by atoms with E-state index in [-0.39, 0.29) is 6.03 Å². The predicted octanol–water partition coefficient (Wildman–Crippen LogP) is 2.21. The van der Waals surface area contributed by atoms with Crippen LogP contribution in [-0.2, 0) is 0 Å². The molecule has 0 aliphatic carbocycles. The quantitative estimate of drug-likeness (QED) is 0.732. The fourth-order valence-electron chi connectivity index (χ4n) is 2.52. The van der Waals surface area contributed by atoms with Gasteiger partial charge >= 0.3 is 6.03 Å². The van der Waals surface area contributed by atoms with Crippen molar-refractivity contribution in [1.82, 2.24) is 15.5 Å². The molecule has 4 heteroatoms. The van der Waals surface area contributed by atoms with Crippen molar-refractivity contribution in [1.29, 1.82) is 0 Å². The number of urea groups is 1. The van der Waals surface area contributed by atoms with E-state index in [1.165, 1.54) is 25.9 Å². The highest BCUT2D eigenvalue weighted by Crippen LogP contribution is 2.17. The number of rotatable bonds is 7. The fraction of sp³-hybridized carbons (Fsp3) is 0.929. The summed E-state index contributed by atoms with van der Waals surface area (Å²) >= 11 is 0. The van der Waals surface area contributed by atoms with Crippen LogP contribution in [0.25, 0.3) is 0 Å². The third-order valence-corrected chi connectivity index (χ3v) is 3.43. The van der Waals surface area contributed by atoms with Crippen molar-refractivity contribution in [3.63, 3.8) is 0 Å². The predicted molar refractivity (Wildman–Crippen MR) is 75.7 cm³/mol. The first kappa shape index (κ1) is 15.3. The first-order valence-corrected chi connectivity index (χ1v) is 7.39. The van der Waals surface area contributed by atoms with Gasteiger partial charge in [-0.3, -0.25) is 4.90 Å². The summed E-state index contributed by atoms with van der Waals surface area (Å²) in [4.78, 5) is 14.1. The van der Waals surface area contributed by atoms with E-state index in [2.05, 4.69) is 36.3 Å². The van der Waals surface area contributed by atoms with Gasteiger partial charge in [-0.25, -0.2) is 4.79 Å². The van der Waals surface area contributed by atoms with Gasteiger partial charge in [0, 0.05) is 19.1 Å². The molecule has 18 heavy (non-hydrogen) atoms. The third kappa shape index (κ3) is 5.71. The molecule has 2 amide bonds. The molecule has 4 nitrogen and oxygen atoms in total. The van der Waals surface area contributed by atoms with Crippen LogP contribution in [0, 0.1) is 5.92 Å². The Hall–Kier alpha value is -0.770. The van der Waals surface area contributed by atoms with E-state index in [4.69, 9.17) is 0 Å². The number of nitrogens with one attached hydrogen (secondary N) is 2. The lowest BCUT2D eigenvalue weighted by atomic mass is 10.0. The molecule has 106 valence electrons. The number of amides is 2. The second-order valence-corrected chi connectivity index (χ2v) is 5.66. The van der Waals surface area contributed by atoms with Crippen LogP contribution in [0.3, 0.4) is 0 Å². The lowest BCUT2D eigenvalue weighted by molar-refractivity contribution is 0.201. The molecule has 2 N–H and O–H groups in total. The zero-order valence-electron chi connectivity index (χ0n) is 12.2. The molecule has 1 rings (SSSR count). The monoisotopic (exact) mass is 255 g/mol. The van der Waals surface area contributed by atoms with Gasteiger partial charge in [0.05, 0.1) is 0 Å². The fourth-order valence-corrected chi connectivity index (χ4v) is 2.52. The molecule has 1 atom stereocenters. The van der Waals surface area contributed by atoms with E-state index in [0.29, 0.717) is 12.0 Å². The lowest BCUT2D eigenvalue weighted by Crippen LogP contribution is -2.46. The molecule has 0 bridgehead atoms. The zero-order chi connectivity index (χ0) is 13.4. The van der Waals surface area contributed by atoms with Crippen molar-refractivity contribution >= 4 is 6.03 Å². The van der Waals surface area contributed by atoms with Crippen LogP contribution in [-0.4, -0.2) is 43.2 Å². The Kier molecular flexibility index (Phi) is 7.09. The van der Waals surface area contributed by atoms with Gasteiger partial charge in [-0.1, -0.05) is 20.8 Å². The van der Waals surface area contributed by atoms with Crippen molar-refractivity contribution in [2.24, 2.45) is 5.92 Å². The molecule has 1 saturated heterocycles. The number of carbonyl (C=O) groups excluding carboxylic acids is 1. The Labute approximate surface area is 111 Å². The number of hydrogen-bond donors (Lipinski definition) is 2. The summed E-state index contributed by atoms with van der Waals surface area (Å²) in [5.74, 6) is 0.677. The molecule has 0 aromatic carbocycles. The molecule has 0 saturated carbocycles. The van der Waals surface area contributed by atoms with Gasteiger partial charge in [0.1, 0.15) is 0 Å². The van der Waals surface area contributed by atoms with Gasteiger partial charge in [0.25, 0.3) is 0 Å². The average molecular weight is 255 g/mol. The van der Waals surface area contributed by atoms with Crippen LogP contribution in [0.5, 0.6) is 0 Å². The molecule has 0 spiro atoms. The summed E-state index contributed by atoms with van der Waals surface area (Å²) in [6, 6.07) is 0.477. The topological polar surface area (TPSA) is 44.4 Å². The van der Waals surface area contributed by atoms with E-state index >= 15 is 0 Å². The summed E-state index contributed by atoms with van der Waals surface area (Å²) in [6.45, 7) is 10.5. The van der Waals surface area contributed by atoms with Gasteiger partial charge in [-0.05, 0) is 44.7 Å². The highest BCUT2D eigenvalue weighted by atomic mass is 16.2. The van der Waals surface area contributed by atoms with Gasteiger partial charge in [0.2, 0.25) is 0 Å². The number of likely N-dealkylation sites (tertiary alicyclic amines) is 1. The van der Waals surface area contributed by atoms with E-state index in [0.717, 1.165) is 25.9 Å². The molecule has 1 unspecified atom stereocenters. The Morgan fingerprint density at radius 3 is 2.44 bits per heavy atom. The van der Waals surface area contributed by atoms with E-state index < -0.39 is 0 Å². The molecule has 0 aromatic heterocycles. The van der Waals surface area contributed by atoms with Crippen LogP contribution in [0.1, 0.15) is 46.5 Å². The van der Waals surface area contributed by atoms with Crippen molar-refractivity contribution in [3.05, 3.63) is 0 Å². The molecule has 1 heterocycles. The van der Waals surface area contributed by atoms with Gasteiger partial charge in [-0.2, -0.15) is 0 Å². The molecular weight excluding hydrogens is 226 g/mol. The Balaban J connectivity index is 2.33. The van der Waals surface area contributed by atoms with Crippen LogP contribution in [0.4, 0.5) is 4.79 Å². The Bertz CT molecular complexity index is 237. The van der Waals surface area contributed by atoms with Gasteiger partial charge in [0.15, 0.2) is 0 Å². The Morgan fingerprint density at radius 2 is 1.89 bits per heavy atom. The number of nitrogens with zero attached hydrogens (tertiary/aromatic N) is 1. The van der Waals surface area contributed by atoms with Crippen LogP contribution >= 0.6 is 0 Å².